The summed E-state index contributed by atoms with van der Waals surface area (Å²) in [5.74, 6) is 0. The van der Waals surface area contributed by atoms with Crippen LogP contribution in [-0.4, -0.2) is 25.2 Å². The minimum absolute atomic E-state index is 0.113. The maximum absolute atomic E-state index is 10.9. The van der Waals surface area contributed by atoms with Crippen LogP contribution < -0.4 is 5.32 Å². The molecule has 1 aromatic rings. The van der Waals surface area contributed by atoms with Crippen LogP contribution in [0.4, 0.5) is 5.69 Å². The van der Waals surface area contributed by atoms with Crippen molar-refractivity contribution >= 4 is 5.69 Å². The molecule has 1 N–H and O–H groups in total. The molecule has 0 amide bonds. The van der Waals surface area contributed by atoms with Crippen LogP contribution in [0, 0.1) is 17.0 Å². The first-order chi connectivity index (χ1) is 9.06. The summed E-state index contributed by atoms with van der Waals surface area (Å²) in [7, 11) is 1.70. The number of unbranched alkanes of at least 4 members (excludes halogenated alkanes) is 1. The zero-order chi connectivity index (χ0) is 14.3. The zero-order valence-corrected chi connectivity index (χ0v) is 11.8. The van der Waals surface area contributed by atoms with Crippen molar-refractivity contribution in [2.45, 2.75) is 32.7 Å². The number of hydrogen-bond acceptors (Lipinski definition) is 4. The van der Waals surface area contributed by atoms with Gasteiger partial charge in [-0.2, -0.15) is 0 Å². The van der Waals surface area contributed by atoms with Crippen molar-refractivity contribution in [3.63, 3.8) is 0 Å². The monoisotopic (exact) mass is 266 g/mol. The third-order valence-corrected chi connectivity index (χ3v) is 3.16. The lowest BCUT2D eigenvalue weighted by molar-refractivity contribution is -0.385. The molecule has 0 saturated carbocycles. The largest absolute Gasteiger partial charge is 0.385 e. The topological polar surface area (TPSA) is 64.4 Å². The first-order valence-corrected chi connectivity index (χ1v) is 6.53. The van der Waals surface area contributed by atoms with E-state index in [0.717, 1.165) is 31.6 Å². The molecule has 5 heteroatoms. The van der Waals surface area contributed by atoms with Gasteiger partial charge >= 0.3 is 0 Å². The standard InChI is InChI=1S/C14H22N2O3/c1-11-6-7-13(10-14(11)16(17)18)12(2)15-8-4-5-9-19-3/h6-7,10,12,15H,4-5,8-9H2,1-3H3. The van der Waals surface area contributed by atoms with Crippen LogP contribution in [0.2, 0.25) is 0 Å². The Morgan fingerprint density at radius 2 is 2.16 bits per heavy atom. The van der Waals surface area contributed by atoms with Gasteiger partial charge in [0.2, 0.25) is 0 Å². The molecule has 0 aromatic heterocycles. The lowest BCUT2D eigenvalue weighted by Gasteiger charge is -2.14. The third-order valence-electron chi connectivity index (χ3n) is 3.16. The van der Waals surface area contributed by atoms with Gasteiger partial charge in [0.25, 0.3) is 5.69 Å². The Balaban J connectivity index is 2.55. The Labute approximate surface area is 114 Å². The Hall–Kier alpha value is -1.46. The smallest absolute Gasteiger partial charge is 0.272 e. The summed E-state index contributed by atoms with van der Waals surface area (Å²) in [6.07, 6.45) is 2.05. The van der Waals surface area contributed by atoms with Crippen molar-refractivity contribution in [2.24, 2.45) is 0 Å². The van der Waals surface area contributed by atoms with Gasteiger partial charge in [-0.15, -0.1) is 0 Å². The number of methoxy groups -OCH3 is 1. The predicted octanol–water partition coefficient (Wildman–Crippen LogP) is 2.98. The van der Waals surface area contributed by atoms with Crippen molar-refractivity contribution in [3.8, 4) is 0 Å². The number of nitrogens with one attached hydrogen (secondary N) is 1. The summed E-state index contributed by atoms with van der Waals surface area (Å²) in [6.45, 7) is 5.42. The average Bonchev–Trinajstić information content (AvgIpc) is 2.38. The van der Waals surface area contributed by atoms with Crippen LogP contribution in [0.3, 0.4) is 0 Å². The van der Waals surface area contributed by atoms with Crippen LogP contribution >= 0.6 is 0 Å². The Morgan fingerprint density at radius 3 is 2.79 bits per heavy atom. The normalized spacial score (nSPS) is 12.4. The molecule has 1 rings (SSSR count). The molecule has 5 nitrogen and oxygen atoms in total. The van der Waals surface area contributed by atoms with E-state index in [0.29, 0.717) is 5.56 Å². The highest BCUT2D eigenvalue weighted by Gasteiger charge is 2.13. The highest BCUT2D eigenvalue weighted by atomic mass is 16.6. The Morgan fingerprint density at radius 1 is 1.42 bits per heavy atom. The molecule has 0 heterocycles. The first-order valence-electron chi connectivity index (χ1n) is 6.53. The van der Waals surface area contributed by atoms with E-state index in [1.807, 2.05) is 13.0 Å². The van der Waals surface area contributed by atoms with Gasteiger partial charge in [0.1, 0.15) is 0 Å². The molecule has 1 unspecified atom stereocenters. The number of nitro benzene ring substituents is 1. The van der Waals surface area contributed by atoms with Crippen molar-refractivity contribution in [1.82, 2.24) is 5.32 Å². The van der Waals surface area contributed by atoms with Crippen molar-refractivity contribution in [2.75, 3.05) is 20.3 Å². The Bertz CT molecular complexity index is 421. The molecule has 19 heavy (non-hydrogen) atoms. The first kappa shape index (κ1) is 15.6. The van der Waals surface area contributed by atoms with Gasteiger partial charge in [-0.25, -0.2) is 0 Å². The van der Waals surface area contributed by atoms with Gasteiger partial charge in [0, 0.05) is 31.4 Å². The number of benzene rings is 1. The predicted molar refractivity (Wildman–Crippen MR) is 75.4 cm³/mol. The molecule has 0 aliphatic rings. The zero-order valence-electron chi connectivity index (χ0n) is 11.8. The molecule has 0 radical (unpaired) electrons. The maximum atomic E-state index is 10.9. The summed E-state index contributed by atoms with van der Waals surface area (Å²) < 4.78 is 4.99. The van der Waals surface area contributed by atoms with Crippen LogP contribution in [0.5, 0.6) is 0 Å². The van der Waals surface area contributed by atoms with Crippen molar-refractivity contribution in [1.29, 1.82) is 0 Å². The molecule has 0 aliphatic carbocycles. The number of aryl methyl sites for hydroxylation is 1. The van der Waals surface area contributed by atoms with Crippen molar-refractivity contribution < 1.29 is 9.66 Å². The summed E-state index contributed by atoms with van der Waals surface area (Å²) in [6, 6.07) is 5.51. The lowest BCUT2D eigenvalue weighted by Crippen LogP contribution is -2.20. The fourth-order valence-electron chi connectivity index (χ4n) is 1.90. The molecule has 0 spiro atoms. The summed E-state index contributed by atoms with van der Waals surface area (Å²) in [5.41, 5.74) is 1.83. The fourth-order valence-corrected chi connectivity index (χ4v) is 1.90. The van der Waals surface area contributed by atoms with Gasteiger partial charge in [0.15, 0.2) is 0 Å². The molecule has 0 saturated heterocycles. The molecule has 0 fully saturated rings. The van der Waals surface area contributed by atoms with E-state index in [2.05, 4.69) is 5.32 Å². The van der Waals surface area contributed by atoms with Gasteiger partial charge in [-0.1, -0.05) is 12.1 Å². The highest BCUT2D eigenvalue weighted by Crippen LogP contribution is 2.23. The van der Waals surface area contributed by atoms with Crippen LogP contribution in [-0.2, 0) is 4.74 Å². The molecule has 106 valence electrons. The van der Waals surface area contributed by atoms with E-state index in [1.165, 1.54) is 0 Å². The van der Waals surface area contributed by atoms with Gasteiger partial charge in [-0.3, -0.25) is 10.1 Å². The van der Waals surface area contributed by atoms with E-state index < -0.39 is 0 Å². The second kappa shape index (κ2) is 7.86. The third kappa shape index (κ3) is 4.96. The van der Waals surface area contributed by atoms with E-state index in [-0.39, 0.29) is 16.7 Å². The van der Waals surface area contributed by atoms with Gasteiger partial charge < -0.3 is 10.1 Å². The summed E-state index contributed by atoms with van der Waals surface area (Å²) in [4.78, 5) is 10.6. The SMILES string of the molecule is COCCCCNC(C)c1ccc(C)c([N+](=O)[O-])c1. The maximum Gasteiger partial charge on any atom is 0.272 e. The van der Waals surface area contributed by atoms with Gasteiger partial charge in [0.05, 0.1) is 4.92 Å². The highest BCUT2D eigenvalue weighted by molar-refractivity contribution is 5.43. The molecule has 0 aliphatic heterocycles. The number of nitrogens with zero attached hydrogens (tertiary/aromatic N) is 1. The fraction of sp³-hybridized carbons (Fsp3) is 0.571. The van der Waals surface area contributed by atoms with Crippen LogP contribution in [0.1, 0.15) is 36.9 Å². The van der Waals surface area contributed by atoms with Crippen LogP contribution in [0.25, 0.3) is 0 Å². The van der Waals surface area contributed by atoms with Crippen LogP contribution in [0.15, 0.2) is 18.2 Å². The number of rotatable bonds is 8. The van der Waals surface area contributed by atoms with Crippen molar-refractivity contribution in [3.05, 3.63) is 39.4 Å². The second-order valence-corrected chi connectivity index (χ2v) is 4.68. The molecule has 0 bridgehead atoms. The Kier molecular flexibility index (Phi) is 6.45. The quantitative estimate of drug-likeness (QED) is 0.446. The van der Waals surface area contributed by atoms with E-state index in [9.17, 15) is 10.1 Å². The summed E-state index contributed by atoms with van der Waals surface area (Å²) in [5, 5.41) is 14.3. The number of ether oxygens (including phenoxy) is 1. The second-order valence-electron chi connectivity index (χ2n) is 4.68. The average molecular weight is 266 g/mol. The lowest BCUT2D eigenvalue weighted by atomic mass is 10.0. The molecular formula is C14H22N2O3. The molecular weight excluding hydrogens is 244 g/mol. The minimum Gasteiger partial charge on any atom is -0.385 e. The van der Waals surface area contributed by atoms with E-state index >= 15 is 0 Å². The molecule has 1 aromatic carbocycles. The minimum atomic E-state index is -0.329. The van der Waals surface area contributed by atoms with E-state index in [4.69, 9.17) is 4.74 Å². The summed E-state index contributed by atoms with van der Waals surface area (Å²) >= 11 is 0. The number of nitro groups is 1. The van der Waals surface area contributed by atoms with Gasteiger partial charge in [-0.05, 0) is 38.8 Å². The van der Waals surface area contributed by atoms with E-state index in [1.54, 1.807) is 26.2 Å². The molecule has 1 atom stereocenters. The number of hydrogen-bond donors (Lipinski definition) is 1.